The molecule has 0 aliphatic heterocycles. The summed E-state index contributed by atoms with van der Waals surface area (Å²) in [5.74, 6) is -0.958. The van der Waals surface area contributed by atoms with Gasteiger partial charge in [-0.25, -0.2) is 8.42 Å². The summed E-state index contributed by atoms with van der Waals surface area (Å²) in [6.07, 6.45) is 1.12. The Hall–Kier alpha value is -1.86. The van der Waals surface area contributed by atoms with Crippen molar-refractivity contribution in [2.45, 2.75) is 23.0 Å². The Bertz CT molecular complexity index is 741. The number of amides is 1. The summed E-state index contributed by atoms with van der Waals surface area (Å²) in [5.41, 5.74) is 5.67. The van der Waals surface area contributed by atoms with E-state index in [1.165, 1.54) is 43.5 Å². The van der Waals surface area contributed by atoms with Gasteiger partial charge in [-0.3, -0.25) is 4.79 Å². The molecule has 21 heavy (non-hydrogen) atoms. The van der Waals surface area contributed by atoms with Gasteiger partial charge in [-0.15, -0.1) is 0 Å². The first-order chi connectivity index (χ1) is 9.77. The van der Waals surface area contributed by atoms with E-state index >= 15 is 0 Å². The van der Waals surface area contributed by atoms with E-state index in [0.29, 0.717) is 10.7 Å². The topological polar surface area (TPSA) is 103 Å². The molecule has 0 aliphatic carbocycles. The Morgan fingerprint density at radius 1 is 1.33 bits per heavy atom. The molecule has 2 rings (SSSR count). The number of hydrogen-bond donors (Lipinski definition) is 1. The lowest BCUT2D eigenvalue weighted by atomic mass is 10.0. The summed E-state index contributed by atoms with van der Waals surface area (Å²) in [6.45, 7) is 1.27. The largest absolute Gasteiger partial charge is 0.368 e. The Morgan fingerprint density at radius 2 is 1.95 bits per heavy atom. The van der Waals surface area contributed by atoms with Gasteiger partial charge in [0.25, 0.3) is 0 Å². The standard InChI is InChI=1S/C13H13ClN2O4S/c1-13(12(15)17,8-10-6-7-20-16-10)21(18,19)11-4-2-9(14)3-5-11/h2-7H,8H2,1H3,(H2,15,17). The fourth-order valence-electron chi connectivity index (χ4n) is 1.86. The van der Waals surface area contributed by atoms with Gasteiger partial charge in [0.05, 0.1) is 10.6 Å². The molecule has 6 nitrogen and oxygen atoms in total. The van der Waals surface area contributed by atoms with Crippen LogP contribution >= 0.6 is 11.6 Å². The molecule has 1 atom stereocenters. The van der Waals surface area contributed by atoms with Gasteiger partial charge in [0.15, 0.2) is 14.6 Å². The summed E-state index contributed by atoms with van der Waals surface area (Å²) >= 11 is 5.74. The number of carbonyl (C=O) groups is 1. The molecule has 0 radical (unpaired) electrons. The Labute approximate surface area is 126 Å². The van der Waals surface area contributed by atoms with Crippen molar-refractivity contribution >= 4 is 27.3 Å². The summed E-state index contributed by atoms with van der Waals surface area (Å²) in [5, 5.41) is 4.03. The lowest BCUT2D eigenvalue weighted by Crippen LogP contribution is -2.49. The first-order valence-corrected chi connectivity index (χ1v) is 7.83. The summed E-state index contributed by atoms with van der Waals surface area (Å²) < 4.78 is 28.3. The van der Waals surface area contributed by atoms with Gasteiger partial charge in [0.2, 0.25) is 5.91 Å². The SMILES string of the molecule is CC(Cc1ccon1)(C(N)=O)S(=O)(=O)c1ccc(Cl)cc1. The van der Waals surface area contributed by atoms with Crippen LogP contribution in [-0.2, 0) is 21.1 Å². The molecule has 0 saturated heterocycles. The normalized spacial score (nSPS) is 14.6. The maximum Gasteiger partial charge on any atom is 0.239 e. The van der Waals surface area contributed by atoms with Gasteiger partial charge in [0.1, 0.15) is 6.26 Å². The van der Waals surface area contributed by atoms with Crippen LogP contribution in [0, 0.1) is 0 Å². The second-order valence-corrected chi connectivity index (χ2v) is 7.54. The van der Waals surface area contributed by atoms with Crippen LogP contribution in [0.3, 0.4) is 0 Å². The van der Waals surface area contributed by atoms with Gasteiger partial charge in [0, 0.05) is 17.5 Å². The van der Waals surface area contributed by atoms with Crippen molar-refractivity contribution in [1.29, 1.82) is 0 Å². The van der Waals surface area contributed by atoms with Gasteiger partial charge in [-0.1, -0.05) is 16.8 Å². The van der Waals surface area contributed by atoms with Crippen LogP contribution in [0.2, 0.25) is 5.02 Å². The minimum absolute atomic E-state index is 0.0308. The van der Waals surface area contributed by atoms with Crippen LogP contribution in [0.1, 0.15) is 12.6 Å². The molecule has 112 valence electrons. The lowest BCUT2D eigenvalue weighted by molar-refractivity contribution is -0.120. The number of halogens is 1. The molecule has 0 bridgehead atoms. The average molecular weight is 329 g/mol. The molecule has 1 heterocycles. The maximum absolute atomic E-state index is 12.7. The van der Waals surface area contributed by atoms with Crippen molar-refractivity contribution < 1.29 is 17.7 Å². The number of hydrogen-bond acceptors (Lipinski definition) is 5. The predicted molar refractivity (Wildman–Crippen MR) is 76.4 cm³/mol. The highest BCUT2D eigenvalue weighted by molar-refractivity contribution is 7.93. The van der Waals surface area contributed by atoms with E-state index in [2.05, 4.69) is 9.68 Å². The minimum atomic E-state index is -4.01. The highest BCUT2D eigenvalue weighted by Gasteiger charge is 2.46. The molecular formula is C13H13ClN2O4S. The summed E-state index contributed by atoms with van der Waals surface area (Å²) in [4.78, 5) is 11.8. The van der Waals surface area contributed by atoms with Crippen LogP contribution in [0.4, 0.5) is 0 Å². The zero-order chi connectivity index (χ0) is 15.7. The zero-order valence-electron chi connectivity index (χ0n) is 11.1. The van der Waals surface area contributed by atoms with Gasteiger partial charge in [-0.2, -0.15) is 0 Å². The molecule has 1 aromatic carbocycles. The molecule has 0 spiro atoms. The highest BCUT2D eigenvalue weighted by atomic mass is 35.5. The monoisotopic (exact) mass is 328 g/mol. The van der Waals surface area contributed by atoms with Crippen LogP contribution in [-0.4, -0.2) is 24.2 Å². The third kappa shape index (κ3) is 2.79. The first-order valence-electron chi connectivity index (χ1n) is 5.97. The van der Waals surface area contributed by atoms with Crippen molar-refractivity contribution in [2.24, 2.45) is 5.73 Å². The molecule has 8 heteroatoms. The van der Waals surface area contributed by atoms with Crippen LogP contribution in [0.25, 0.3) is 0 Å². The van der Waals surface area contributed by atoms with Gasteiger partial charge < -0.3 is 10.3 Å². The van der Waals surface area contributed by atoms with Crippen LogP contribution in [0.5, 0.6) is 0 Å². The number of carbonyl (C=O) groups excluding carboxylic acids is 1. The molecule has 0 aliphatic rings. The van der Waals surface area contributed by atoms with Crippen molar-refractivity contribution in [2.75, 3.05) is 0 Å². The fraction of sp³-hybridized carbons (Fsp3) is 0.231. The average Bonchev–Trinajstić information content (AvgIpc) is 2.91. The third-order valence-corrected chi connectivity index (χ3v) is 5.92. The number of nitrogens with zero attached hydrogens (tertiary/aromatic N) is 1. The minimum Gasteiger partial charge on any atom is -0.368 e. The smallest absolute Gasteiger partial charge is 0.239 e. The summed E-state index contributed by atoms with van der Waals surface area (Å²) in [6, 6.07) is 7.03. The van der Waals surface area contributed by atoms with E-state index in [-0.39, 0.29) is 11.3 Å². The molecule has 0 saturated carbocycles. The number of benzene rings is 1. The van der Waals surface area contributed by atoms with Crippen molar-refractivity contribution in [1.82, 2.24) is 5.16 Å². The molecule has 2 N–H and O–H groups in total. The molecule has 1 aromatic heterocycles. The number of primary amides is 1. The molecule has 0 fully saturated rings. The second-order valence-electron chi connectivity index (χ2n) is 4.72. The van der Waals surface area contributed by atoms with Crippen molar-refractivity contribution in [3.63, 3.8) is 0 Å². The summed E-state index contributed by atoms with van der Waals surface area (Å²) in [7, 11) is -4.01. The maximum atomic E-state index is 12.7. The lowest BCUT2D eigenvalue weighted by Gasteiger charge is -2.25. The Balaban J connectivity index is 2.50. The van der Waals surface area contributed by atoms with Crippen molar-refractivity contribution in [3.8, 4) is 0 Å². The predicted octanol–water partition coefficient (Wildman–Crippen LogP) is 1.59. The van der Waals surface area contributed by atoms with E-state index in [9.17, 15) is 13.2 Å². The number of rotatable bonds is 5. The Kier molecular flexibility index (Phi) is 4.06. The number of nitrogens with two attached hydrogens (primary N) is 1. The fourth-order valence-corrected chi connectivity index (χ4v) is 3.61. The first kappa shape index (κ1) is 15.5. The zero-order valence-corrected chi connectivity index (χ0v) is 12.7. The van der Waals surface area contributed by atoms with Crippen LogP contribution < -0.4 is 5.73 Å². The molecular weight excluding hydrogens is 316 g/mol. The molecule has 1 amide bonds. The highest BCUT2D eigenvalue weighted by Crippen LogP contribution is 2.29. The molecule has 1 unspecified atom stereocenters. The van der Waals surface area contributed by atoms with Crippen molar-refractivity contribution in [3.05, 3.63) is 47.3 Å². The quantitative estimate of drug-likeness (QED) is 0.897. The van der Waals surface area contributed by atoms with E-state index < -0.39 is 20.5 Å². The van der Waals surface area contributed by atoms with E-state index in [1.54, 1.807) is 0 Å². The van der Waals surface area contributed by atoms with Gasteiger partial charge in [-0.05, 0) is 31.2 Å². The number of aromatic nitrogens is 1. The Morgan fingerprint density at radius 3 is 2.43 bits per heavy atom. The third-order valence-electron chi connectivity index (χ3n) is 3.25. The number of sulfone groups is 1. The van der Waals surface area contributed by atoms with E-state index in [4.69, 9.17) is 17.3 Å². The van der Waals surface area contributed by atoms with E-state index in [1.807, 2.05) is 0 Å². The second kappa shape index (κ2) is 5.50. The van der Waals surface area contributed by atoms with Crippen LogP contribution in [0.15, 0.2) is 46.0 Å². The molecule has 2 aromatic rings. The van der Waals surface area contributed by atoms with E-state index in [0.717, 1.165) is 0 Å². The van der Waals surface area contributed by atoms with Gasteiger partial charge >= 0.3 is 0 Å².